The summed E-state index contributed by atoms with van der Waals surface area (Å²) in [5.41, 5.74) is 7.03. The molecule has 150 valence electrons. The zero-order chi connectivity index (χ0) is 19.7. The molecule has 2 aromatic heterocycles. The number of rotatable bonds is 4. The van der Waals surface area contributed by atoms with Crippen molar-refractivity contribution in [1.29, 1.82) is 0 Å². The largest absolute Gasteiger partial charge is 0.398 e. The highest BCUT2D eigenvalue weighted by molar-refractivity contribution is 5.87. The van der Waals surface area contributed by atoms with Gasteiger partial charge in [-0.05, 0) is 38.5 Å². The van der Waals surface area contributed by atoms with Gasteiger partial charge < -0.3 is 16.4 Å². The van der Waals surface area contributed by atoms with Crippen LogP contribution in [0.25, 0.3) is 11.0 Å². The molecule has 0 radical (unpaired) electrons. The highest BCUT2D eigenvalue weighted by atomic mass is 16.1. The molecule has 1 amide bonds. The van der Waals surface area contributed by atoms with Crippen LogP contribution in [0.2, 0.25) is 0 Å². The molecule has 0 bridgehead atoms. The first kappa shape index (κ1) is 18.7. The summed E-state index contributed by atoms with van der Waals surface area (Å²) < 4.78 is 1.80. The molecule has 2 heterocycles. The lowest BCUT2D eigenvalue weighted by molar-refractivity contribution is -0.119. The maximum Gasteiger partial charge on any atom is 0.254 e. The number of nitrogens with two attached hydrogens (primary N) is 1. The van der Waals surface area contributed by atoms with E-state index in [-0.39, 0.29) is 29.6 Å². The molecule has 2 aliphatic carbocycles. The van der Waals surface area contributed by atoms with Crippen LogP contribution in [0.15, 0.2) is 17.1 Å². The fourth-order valence-electron chi connectivity index (χ4n) is 4.58. The van der Waals surface area contributed by atoms with E-state index in [4.69, 9.17) is 10.7 Å². The summed E-state index contributed by atoms with van der Waals surface area (Å²) in [5, 5.41) is 7.13. The Balaban J connectivity index is 1.57. The number of anilines is 2. The second-order valence-electron chi connectivity index (χ2n) is 8.07. The molecule has 0 spiro atoms. The molecule has 0 unspecified atom stereocenters. The minimum absolute atomic E-state index is 0.0248. The summed E-state index contributed by atoms with van der Waals surface area (Å²) >= 11 is 0. The lowest BCUT2D eigenvalue weighted by Crippen LogP contribution is -2.39. The SMILES string of the molecule is CC(=O)NC1CCC(Nc2ncc3c(N)cc(=O)n(C4CCCC4)c3n2)CC1. The number of amides is 1. The van der Waals surface area contributed by atoms with Gasteiger partial charge in [0.05, 0.1) is 5.39 Å². The number of nitrogen functional groups attached to an aromatic ring is 1. The van der Waals surface area contributed by atoms with Crippen LogP contribution < -0.4 is 21.9 Å². The highest BCUT2D eigenvalue weighted by Gasteiger charge is 2.24. The van der Waals surface area contributed by atoms with Crippen molar-refractivity contribution < 1.29 is 4.79 Å². The quantitative estimate of drug-likeness (QED) is 0.745. The van der Waals surface area contributed by atoms with Gasteiger partial charge in [-0.1, -0.05) is 12.8 Å². The van der Waals surface area contributed by atoms with Crippen LogP contribution in [0.1, 0.15) is 64.3 Å². The first-order valence-corrected chi connectivity index (χ1v) is 10.2. The Hall–Kier alpha value is -2.64. The van der Waals surface area contributed by atoms with Gasteiger partial charge in [-0.15, -0.1) is 0 Å². The summed E-state index contributed by atoms with van der Waals surface area (Å²) in [6.45, 7) is 1.56. The third-order valence-corrected chi connectivity index (χ3v) is 5.98. The van der Waals surface area contributed by atoms with Crippen LogP contribution in [-0.2, 0) is 4.79 Å². The van der Waals surface area contributed by atoms with E-state index in [0.29, 0.717) is 17.3 Å². The van der Waals surface area contributed by atoms with Gasteiger partial charge in [-0.25, -0.2) is 4.98 Å². The molecule has 2 fully saturated rings. The van der Waals surface area contributed by atoms with E-state index >= 15 is 0 Å². The molecule has 2 saturated carbocycles. The molecule has 8 nitrogen and oxygen atoms in total. The van der Waals surface area contributed by atoms with Crippen LogP contribution in [0.5, 0.6) is 0 Å². The number of fused-ring (bicyclic) bond motifs is 1. The minimum atomic E-state index is -0.0858. The molecule has 2 aromatic rings. The van der Waals surface area contributed by atoms with Gasteiger partial charge in [0.15, 0.2) is 5.65 Å². The number of hydrogen-bond donors (Lipinski definition) is 3. The molecule has 0 aliphatic heterocycles. The minimum Gasteiger partial charge on any atom is -0.398 e. The Labute approximate surface area is 163 Å². The van der Waals surface area contributed by atoms with Crippen LogP contribution >= 0.6 is 0 Å². The summed E-state index contributed by atoms with van der Waals surface area (Å²) in [4.78, 5) is 33.0. The monoisotopic (exact) mass is 384 g/mol. The zero-order valence-corrected chi connectivity index (χ0v) is 16.3. The van der Waals surface area contributed by atoms with Crippen molar-refractivity contribution in [2.45, 2.75) is 76.4 Å². The van der Waals surface area contributed by atoms with Gasteiger partial charge in [0.2, 0.25) is 11.9 Å². The molecule has 28 heavy (non-hydrogen) atoms. The molecule has 0 aromatic carbocycles. The number of carbonyl (C=O) groups excluding carboxylic acids is 1. The highest BCUT2D eigenvalue weighted by Crippen LogP contribution is 2.31. The zero-order valence-electron chi connectivity index (χ0n) is 16.3. The predicted molar refractivity (Wildman–Crippen MR) is 109 cm³/mol. The van der Waals surface area contributed by atoms with E-state index in [1.807, 2.05) is 0 Å². The van der Waals surface area contributed by atoms with Gasteiger partial charge >= 0.3 is 0 Å². The first-order chi connectivity index (χ1) is 13.5. The number of nitrogens with one attached hydrogen (secondary N) is 2. The lowest BCUT2D eigenvalue weighted by atomic mass is 9.91. The Morgan fingerprint density at radius 2 is 1.82 bits per heavy atom. The maximum absolute atomic E-state index is 12.6. The van der Waals surface area contributed by atoms with Crippen LogP contribution in [0.4, 0.5) is 11.6 Å². The van der Waals surface area contributed by atoms with Crippen molar-refractivity contribution in [2.75, 3.05) is 11.1 Å². The van der Waals surface area contributed by atoms with E-state index in [0.717, 1.165) is 56.8 Å². The maximum atomic E-state index is 12.6. The number of nitrogens with zero attached hydrogens (tertiary/aromatic N) is 3. The van der Waals surface area contributed by atoms with Gasteiger partial charge in [0.25, 0.3) is 5.56 Å². The Morgan fingerprint density at radius 3 is 2.50 bits per heavy atom. The van der Waals surface area contributed by atoms with Crippen LogP contribution in [-0.4, -0.2) is 32.5 Å². The fraction of sp³-hybridized carbons (Fsp3) is 0.600. The number of aromatic nitrogens is 3. The molecular formula is C20H28N6O2. The van der Waals surface area contributed by atoms with Crippen molar-refractivity contribution >= 4 is 28.6 Å². The van der Waals surface area contributed by atoms with E-state index in [2.05, 4.69) is 15.6 Å². The Bertz CT molecular complexity index is 926. The molecule has 4 N–H and O–H groups in total. The Morgan fingerprint density at radius 1 is 1.14 bits per heavy atom. The topological polar surface area (TPSA) is 115 Å². The van der Waals surface area contributed by atoms with E-state index in [9.17, 15) is 9.59 Å². The van der Waals surface area contributed by atoms with Gasteiger partial charge in [-0.2, -0.15) is 4.98 Å². The predicted octanol–water partition coefficient (Wildman–Crippen LogP) is 2.35. The number of carbonyl (C=O) groups is 1. The van der Waals surface area contributed by atoms with Crippen molar-refractivity contribution in [2.24, 2.45) is 0 Å². The second-order valence-corrected chi connectivity index (χ2v) is 8.07. The van der Waals surface area contributed by atoms with Crippen LogP contribution in [0.3, 0.4) is 0 Å². The fourth-order valence-corrected chi connectivity index (χ4v) is 4.58. The average molecular weight is 384 g/mol. The van der Waals surface area contributed by atoms with Crippen molar-refractivity contribution in [1.82, 2.24) is 19.9 Å². The number of hydrogen-bond acceptors (Lipinski definition) is 6. The molecular weight excluding hydrogens is 356 g/mol. The third-order valence-electron chi connectivity index (χ3n) is 5.98. The second kappa shape index (κ2) is 7.77. The summed E-state index contributed by atoms with van der Waals surface area (Å²) in [6.07, 6.45) is 9.74. The Kier molecular flexibility index (Phi) is 5.19. The summed E-state index contributed by atoms with van der Waals surface area (Å²) in [6, 6.07) is 2.18. The normalized spacial score (nSPS) is 23.0. The van der Waals surface area contributed by atoms with Gasteiger partial charge in [0.1, 0.15) is 0 Å². The van der Waals surface area contributed by atoms with E-state index in [1.54, 1.807) is 17.7 Å². The van der Waals surface area contributed by atoms with Gasteiger partial charge in [0, 0.05) is 43.0 Å². The molecule has 0 atom stereocenters. The van der Waals surface area contributed by atoms with Gasteiger partial charge in [-0.3, -0.25) is 14.2 Å². The molecule has 8 heteroatoms. The van der Waals surface area contributed by atoms with E-state index < -0.39 is 0 Å². The van der Waals surface area contributed by atoms with Crippen molar-refractivity contribution in [3.8, 4) is 0 Å². The standard InChI is InChI=1S/C20H28N6O2/c1-12(27)23-13-6-8-14(9-7-13)24-20-22-11-16-17(21)10-18(28)26(19(16)25-20)15-4-2-3-5-15/h10-11,13-15H,2-9,21H2,1H3,(H,23,27)(H,22,24,25). The first-order valence-electron chi connectivity index (χ1n) is 10.2. The van der Waals surface area contributed by atoms with Crippen molar-refractivity contribution in [3.63, 3.8) is 0 Å². The average Bonchev–Trinajstić information content (AvgIpc) is 3.17. The molecule has 2 aliphatic rings. The summed E-state index contributed by atoms with van der Waals surface area (Å²) in [7, 11) is 0. The van der Waals surface area contributed by atoms with Crippen LogP contribution in [0, 0.1) is 0 Å². The van der Waals surface area contributed by atoms with E-state index in [1.165, 1.54) is 6.07 Å². The third kappa shape index (κ3) is 3.81. The number of pyridine rings is 1. The smallest absolute Gasteiger partial charge is 0.254 e. The summed E-state index contributed by atoms with van der Waals surface area (Å²) in [5.74, 6) is 0.559. The van der Waals surface area contributed by atoms with Crippen molar-refractivity contribution in [3.05, 3.63) is 22.6 Å². The molecule has 4 rings (SSSR count). The molecule has 0 saturated heterocycles. The lowest BCUT2D eigenvalue weighted by Gasteiger charge is -2.29.